The Hall–Kier alpha value is -2.53. The van der Waals surface area contributed by atoms with E-state index in [1.54, 1.807) is 14.2 Å². The summed E-state index contributed by atoms with van der Waals surface area (Å²) in [5.41, 5.74) is 6.14. The van der Waals surface area contributed by atoms with E-state index in [0.717, 1.165) is 81.8 Å². The van der Waals surface area contributed by atoms with Crippen molar-refractivity contribution in [1.29, 1.82) is 0 Å². The number of methoxy groups -OCH3 is 2. The Kier molecular flexibility index (Phi) is 5.39. The smallest absolute Gasteiger partial charge is 0.235 e. The first-order valence-electron chi connectivity index (χ1n) is 11.5. The first-order chi connectivity index (χ1) is 15.1. The lowest BCUT2D eigenvalue weighted by molar-refractivity contribution is -0.121. The zero-order valence-electron chi connectivity index (χ0n) is 18.6. The van der Waals surface area contributed by atoms with Crippen LogP contribution in [0.2, 0.25) is 0 Å². The predicted octanol–water partition coefficient (Wildman–Crippen LogP) is 4.46. The van der Waals surface area contributed by atoms with Crippen molar-refractivity contribution in [2.45, 2.75) is 56.9 Å². The number of nitrogens with one attached hydrogen (secondary N) is 1. The maximum atomic E-state index is 13.0. The minimum atomic E-state index is -0.289. The summed E-state index contributed by atoms with van der Waals surface area (Å²) >= 11 is 0. The number of anilines is 1. The van der Waals surface area contributed by atoms with Crippen molar-refractivity contribution in [3.63, 3.8) is 0 Å². The quantitative estimate of drug-likeness (QED) is 0.672. The lowest BCUT2D eigenvalue weighted by Crippen LogP contribution is -2.37. The molecule has 2 aliphatic heterocycles. The third-order valence-corrected chi connectivity index (χ3v) is 7.49. The van der Waals surface area contributed by atoms with Gasteiger partial charge in [0.25, 0.3) is 0 Å². The SMILES string of the molecule is COc1cc2c(cc1OC)CN(CCCCC13CCCc4cccc(c41)NC3=O)CC2. The average molecular weight is 421 g/mol. The Morgan fingerprint density at radius 2 is 1.84 bits per heavy atom. The van der Waals surface area contributed by atoms with E-state index in [1.807, 2.05) is 0 Å². The highest BCUT2D eigenvalue weighted by atomic mass is 16.5. The second kappa shape index (κ2) is 8.19. The van der Waals surface area contributed by atoms with Crippen LogP contribution in [0.15, 0.2) is 30.3 Å². The number of hydrogen-bond donors (Lipinski definition) is 1. The van der Waals surface area contributed by atoms with E-state index in [0.29, 0.717) is 0 Å². The summed E-state index contributed by atoms with van der Waals surface area (Å²) in [6, 6.07) is 10.6. The van der Waals surface area contributed by atoms with Gasteiger partial charge in [0.15, 0.2) is 11.5 Å². The molecule has 0 saturated carbocycles. The van der Waals surface area contributed by atoms with E-state index in [9.17, 15) is 4.79 Å². The minimum Gasteiger partial charge on any atom is -0.493 e. The molecule has 2 aromatic carbocycles. The Morgan fingerprint density at radius 3 is 2.65 bits per heavy atom. The third kappa shape index (κ3) is 3.49. The molecule has 0 spiro atoms. The number of carbonyl (C=O) groups is 1. The summed E-state index contributed by atoms with van der Waals surface area (Å²) in [5.74, 6) is 1.85. The van der Waals surface area contributed by atoms with E-state index in [-0.39, 0.29) is 11.3 Å². The Morgan fingerprint density at radius 1 is 1.03 bits per heavy atom. The first kappa shape index (κ1) is 20.4. The third-order valence-electron chi connectivity index (χ3n) is 7.49. The maximum absolute atomic E-state index is 13.0. The molecule has 1 amide bonds. The van der Waals surface area contributed by atoms with Crippen LogP contribution in [-0.4, -0.2) is 38.1 Å². The number of unbranched alkanes of at least 4 members (excludes halogenated alkanes) is 1. The van der Waals surface area contributed by atoms with E-state index in [1.165, 1.54) is 22.3 Å². The Balaban J connectivity index is 1.21. The molecular weight excluding hydrogens is 388 g/mol. The number of amides is 1. The maximum Gasteiger partial charge on any atom is 0.235 e. The van der Waals surface area contributed by atoms with Crippen LogP contribution in [0.3, 0.4) is 0 Å². The van der Waals surface area contributed by atoms with Gasteiger partial charge in [0.05, 0.1) is 19.6 Å². The summed E-state index contributed by atoms with van der Waals surface area (Å²) in [6.07, 6.45) is 7.39. The fraction of sp³-hybridized carbons (Fsp3) is 0.500. The summed E-state index contributed by atoms with van der Waals surface area (Å²) < 4.78 is 10.9. The number of nitrogens with zero attached hydrogens (tertiary/aromatic N) is 1. The summed E-state index contributed by atoms with van der Waals surface area (Å²) in [4.78, 5) is 15.5. The van der Waals surface area contributed by atoms with Crippen LogP contribution in [0.5, 0.6) is 11.5 Å². The van der Waals surface area contributed by atoms with Gasteiger partial charge in [-0.25, -0.2) is 0 Å². The van der Waals surface area contributed by atoms with Gasteiger partial charge in [-0.3, -0.25) is 9.69 Å². The van der Waals surface area contributed by atoms with Crippen molar-refractivity contribution in [2.75, 3.05) is 32.6 Å². The largest absolute Gasteiger partial charge is 0.493 e. The summed E-state index contributed by atoms with van der Waals surface area (Å²) in [5, 5.41) is 3.17. The number of fused-ring (bicyclic) bond motifs is 1. The van der Waals surface area contributed by atoms with Crippen molar-refractivity contribution >= 4 is 11.6 Å². The van der Waals surface area contributed by atoms with Gasteiger partial charge in [0.1, 0.15) is 0 Å². The topological polar surface area (TPSA) is 50.8 Å². The van der Waals surface area contributed by atoms with Gasteiger partial charge < -0.3 is 14.8 Å². The van der Waals surface area contributed by atoms with Crippen LogP contribution in [-0.2, 0) is 29.6 Å². The van der Waals surface area contributed by atoms with Gasteiger partial charge >= 0.3 is 0 Å². The zero-order valence-corrected chi connectivity index (χ0v) is 18.6. The molecule has 5 rings (SSSR count). The van der Waals surface area contributed by atoms with Gasteiger partial charge in [-0.15, -0.1) is 0 Å². The van der Waals surface area contributed by atoms with Crippen LogP contribution in [0, 0.1) is 0 Å². The van der Waals surface area contributed by atoms with Crippen LogP contribution in [0.1, 0.15) is 54.4 Å². The summed E-state index contributed by atoms with van der Waals surface area (Å²) in [7, 11) is 3.38. The number of aryl methyl sites for hydroxylation is 1. The number of hydrogen-bond acceptors (Lipinski definition) is 4. The van der Waals surface area contributed by atoms with Gasteiger partial charge in [0.2, 0.25) is 5.91 Å². The van der Waals surface area contributed by atoms with Crippen LogP contribution >= 0.6 is 0 Å². The molecule has 1 aliphatic carbocycles. The monoisotopic (exact) mass is 420 g/mol. The number of carbonyl (C=O) groups excluding carboxylic acids is 1. The fourth-order valence-electron chi connectivity index (χ4n) is 5.91. The molecular formula is C26H32N2O3. The van der Waals surface area contributed by atoms with E-state index >= 15 is 0 Å². The molecule has 2 heterocycles. The lowest BCUT2D eigenvalue weighted by Gasteiger charge is -2.34. The van der Waals surface area contributed by atoms with Crippen molar-refractivity contribution in [3.05, 3.63) is 52.6 Å². The van der Waals surface area contributed by atoms with Crippen molar-refractivity contribution in [3.8, 4) is 11.5 Å². The lowest BCUT2D eigenvalue weighted by atomic mass is 9.68. The van der Waals surface area contributed by atoms with Crippen molar-refractivity contribution < 1.29 is 14.3 Å². The van der Waals surface area contributed by atoms with Gasteiger partial charge in [-0.05, 0) is 85.5 Å². The van der Waals surface area contributed by atoms with Crippen LogP contribution in [0.4, 0.5) is 5.69 Å². The fourth-order valence-corrected chi connectivity index (χ4v) is 5.91. The molecule has 164 valence electrons. The van der Waals surface area contributed by atoms with Crippen molar-refractivity contribution in [2.24, 2.45) is 0 Å². The molecule has 1 unspecified atom stereocenters. The molecule has 1 atom stereocenters. The van der Waals surface area contributed by atoms with Crippen LogP contribution in [0.25, 0.3) is 0 Å². The molecule has 5 nitrogen and oxygen atoms in total. The zero-order chi connectivity index (χ0) is 21.4. The van der Waals surface area contributed by atoms with Gasteiger partial charge in [0, 0.05) is 18.8 Å². The number of benzene rings is 2. The van der Waals surface area contributed by atoms with E-state index < -0.39 is 0 Å². The molecule has 0 bridgehead atoms. The van der Waals surface area contributed by atoms with E-state index in [2.05, 4.69) is 40.5 Å². The molecule has 0 saturated heterocycles. The normalized spacial score (nSPS) is 21.9. The summed E-state index contributed by atoms with van der Waals surface area (Å²) in [6.45, 7) is 3.09. The predicted molar refractivity (Wildman–Crippen MR) is 122 cm³/mol. The number of ether oxygens (including phenoxy) is 2. The first-order valence-corrected chi connectivity index (χ1v) is 11.5. The standard InChI is InChI=1S/C26H32N2O3/c1-30-22-15-19-10-14-28(17-20(19)16-23(22)31-2)13-4-3-11-26-12-6-8-18-7-5-9-21(24(18)26)27-25(26)29/h5,7,9,15-16H,3-4,6,8,10-14,17H2,1-2H3,(H,27,29). The average Bonchev–Trinajstić information content (AvgIpc) is 3.09. The molecule has 31 heavy (non-hydrogen) atoms. The molecule has 0 aromatic heterocycles. The van der Waals surface area contributed by atoms with Crippen molar-refractivity contribution in [1.82, 2.24) is 4.90 Å². The molecule has 5 heteroatoms. The minimum absolute atomic E-state index is 0.225. The van der Waals surface area contributed by atoms with Gasteiger partial charge in [-0.2, -0.15) is 0 Å². The highest BCUT2D eigenvalue weighted by Crippen LogP contribution is 2.49. The molecule has 3 aliphatic rings. The van der Waals surface area contributed by atoms with Gasteiger partial charge in [-0.1, -0.05) is 18.6 Å². The van der Waals surface area contributed by atoms with Crippen LogP contribution < -0.4 is 14.8 Å². The second-order valence-electron chi connectivity index (χ2n) is 9.19. The second-order valence-corrected chi connectivity index (χ2v) is 9.19. The molecule has 0 radical (unpaired) electrons. The molecule has 1 N–H and O–H groups in total. The van der Waals surface area contributed by atoms with E-state index in [4.69, 9.17) is 9.47 Å². The Labute approximate surface area is 184 Å². The highest BCUT2D eigenvalue weighted by Gasteiger charge is 2.48. The molecule has 2 aromatic rings. The Bertz CT molecular complexity index is 1000. The number of rotatable bonds is 7. The molecule has 0 fully saturated rings. The highest BCUT2D eigenvalue weighted by molar-refractivity contribution is 6.07.